The molecule has 1 aromatic heterocycles. The third-order valence-electron chi connectivity index (χ3n) is 3.94. The molecule has 1 atom stereocenters. The number of rotatable bonds is 6. The molecule has 24 heavy (non-hydrogen) atoms. The van der Waals surface area contributed by atoms with Gasteiger partial charge in [0.25, 0.3) is 0 Å². The summed E-state index contributed by atoms with van der Waals surface area (Å²) in [4.78, 5) is 14.2. The number of carbonyl (C=O) groups is 1. The number of amides is 2. The number of aliphatic hydroxyl groups is 1. The Morgan fingerprint density at radius 1 is 1.46 bits per heavy atom. The predicted octanol–water partition coefficient (Wildman–Crippen LogP) is 1.91. The van der Waals surface area contributed by atoms with E-state index >= 15 is 0 Å². The first-order valence-corrected chi connectivity index (χ1v) is 7.89. The standard InChI is InChI=1S/C17H25N5O2/c1-5-21(3)15-8-6-7-14(9-15)20-16(23)18-12-17(2,24)13-10-19-22(4)11-13/h6-11,24H,5,12H2,1-4H3,(H2,18,20,23). The lowest BCUT2D eigenvalue weighted by molar-refractivity contribution is 0.0599. The van der Waals surface area contributed by atoms with Crippen LogP contribution in [0.25, 0.3) is 0 Å². The molecular formula is C17H25N5O2. The van der Waals surface area contributed by atoms with Crippen molar-refractivity contribution in [1.29, 1.82) is 0 Å². The Morgan fingerprint density at radius 2 is 2.21 bits per heavy atom. The molecule has 3 N–H and O–H groups in total. The van der Waals surface area contributed by atoms with Gasteiger partial charge in [0.05, 0.1) is 12.7 Å². The fourth-order valence-corrected chi connectivity index (χ4v) is 2.23. The molecule has 0 aliphatic carbocycles. The van der Waals surface area contributed by atoms with Gasteiger partial charge >= 0.3 is 6.03 Å². The molecule has 0 bridgehead atoms. The van der Waals surface area contributed by atoms with Crippen molar-refractivity contribution < 1.29 is 9.90 Å². The molecule has 2 aromatic rings. The monoisotopic (exact) mass is 331 g/mol. The molecule has 0 aliphatic heterocycles. The maximum Gasteiger partial charge on any atom is 0.319 e. The Balaban J connectivity index is 1.94. The summed E-state index contributed by atoms with van der Waals surface area (Å²) in [7, 11) is 3.77. The van der Waals surface area contributed by atoms with Crippen molar-refractivity contribution in [2.45, 2.75) is 19.4 Å². The summed E-state index contributed by atoms with van der Waals surface area (Å²) < 4.78 is 1.61. The summed E-state index contributed by atoms with van der Waals surface area (Å²) in [5.74, 6) is 0. The van der Waals surface area contributed by atoms with Gasteiger partial charge in [-0.25, -0.2) is 4.79 Å². The number of carbonyl (C=O) groups excluding carboxylic acids is 1. The smallest absolute Gasteiger partial charge is 0.319 e. The zero-order valence-electron chi connectivity index (χ0n) is 14.6. The third kappa shape index (κ3) is 4.48. The Bertz CT molecular complexity index is 696. The predicted molar refractivity (Wildman–Crippen MR) is 95.2 cm³/mol. The summed E-state index contributed by atoms with van der Waals surface area (Å²) in [6.45, 7) is 4.66. The minimum atomic E-state index is -1.18. The second-order valence-corrected chi connectivity index (χ2v) is 6.05. The number of nitrogens with zero attached hydrogens (tertiary/aromatic N) is 3. The van der Waals surface area contributed by atoms with Crippen LogP contribution in [0.1, 0.15) is 19.4 Å². The highest BCUT2D eigenvalue weighted by molar-refractivity contribution is 5.89. The van der Waals surface area contributed by atoms with Crippen LogP contribution in [0.15, 0.2) is 36.7 Å². The van der Waals surface area contributed by atoms with Crippen molar-refractivity contribution in [3.05, 3.63) is 42.2 Å². The Hall–Kier alpha value is -2.54. The molecule has 0 saturated carbocycles. The SMILES string of the molecule is CCN(C)c1cccc(NC(=O)NCC(C)(O)c2cnn(C)c2)c1. The molecule has 130 valence electrons. The van der Waals surface area contributed by atoms with Gasteiger partial charge in [-0.2, -0.15) is 5.10 Å². The fraction of sp³-hybridized carbons (Fsp3) is 0.412. The van der Waals surface area contributed by atoms with E-state index in [9.17, 15) is 9.90 Å². The van der Waals surface area contributed by atoms with Gasteiger partial charge in [-0.3, -0.25) is 4.68 Å². The van der Waals surface area contributed by atoms with Crippen LogP contribution >= 0.6 is 0 Å². The van der Waals surface area contributed by atoms with E-state index in [1.54, 1.807) is 31.0 Å². The minimum Gasteiger partial charge on any atom is -0.383 e. The van der Waals surface area contributed by atoms with Gasteiger partial charge in [0, 0.05) is 43.8 Å². The Kier molecular flexibility index (Phi) is 5.46. The van der Waals surface area contributed by atoms with Crippen LogP contribution in [0.5, 0.6) is 0 Å². The molecule has 1 unspecified atom stereocenters. The highest BCUT2D eigenvalue weighted by Crippen LogP contribution is 2.20. The normalized spacial score (nSPS) is 13.2. The molecule has 0 fully saturated rings. The number of urea groups is 1. The topological polar surface area (TPSA) is 82.4 Å². The van der Waals surface area contributed by atoms with E-state index in [1.807, 2.05) is 31.3 Å². The average Bonchev–Trinajstić information content (AvgIpc) is 3.00. The summed E-state index contributed by atoms with van der Waals surface area (Å²) in [5.41, 5.74) is 1.19. The summed E-state index contributed by atoms with van der Waals surface area (Å²) in [6.07, 6.45) is 3.31. The number of hydrogen-bond donors (Lipinski definition) is 3. The van der Waals surface area contributed by atoms with Crippen molar-refractivity contribution >= 4 is 17.4 Å². The number of aryl methyl sites for hydroxylation is 1. The van der Waals surface area contributed by atoms with E-state index in [0.717, 1.165) is 12.2 Å². The first-order chi connectivity index (χ1) is 11.3. The number of aromatic nitrogens is 2. The number of hydrogen-bond acceptors (Lipinski definition) is 4. The van der Waals surface area contributed by atoms with Gasteiger partial charge in [0.1, 0.15) is 5.60 Å². The largest absolute Gasteiger partial charge is 0.383 e. The molecule has 2 amide bonds. The highest BCUT2D eigenvalue weighted by Gasteiger charge is 2.25. The molecule has 1 aromatic carbocycles. The summed E-state index contributed by atoms with van der Waals surface area (Å²) in [5, 5.41) is 20.0. The van der Waals surface area contributed by atoms with E-state index in [4.69, 9.17) is 0 Å². The molecule has 1 heterocycles. The summed E-state index contributed by atoms with van der Waals surface area (Å²) in [6, 6.07) is 7.24. The maximum atomic E-state index is 12.1. The van der Waals surface area contributed by atoms with E-state index in [0.29, 0.717) is 11.3 Å². The minimum absolute atomic E-state index is 0.0824. The van der Waals surface area contributed by atoms with Crippen molar-refractivity contribution in [2.75, 3.05) is 30.4 Å². The molecule has 0 saturated heterocycles. The van der Waals surface area contributed by atoms with E-state index < -0.39 is 5.60 Å². The maximum absolute atomic E-state index is 12.1. The van der Waals surface area contributed by atoms with Crippen LogP contribution in [-0.2, 0) is 12.6 Å². The molecule has 0 spiro atoms. The second kappa shape index (κ2) is 7.35. The number of benzene rings is 1. The fourth-order valence-electron chi connectivity index (χ4n) is 2.23. The lowest BCUT2D eigenvalue weighted by Crippen LogP contribution is -2.40. The molecule has 0 radical (unpaired) electrons. The van der Waals surface area contributed by atoms with Crippen LogP contribution in [0.4, 0.5) is 16.2 Å². The molecule has 0 aliphatic rings. The van der Waals surface area contributed by atoms with Gasteiger partial charge in [0.15, 0.2) is 0 Å². The Morgan fingerprint density at radius 3 is 2.83 bits per heavy atom. The lowest BCUT2D eigenvalue weighted by atomic mass is 10.00. The van der Waals surface area contributed by atoms with Gasteiger partial charge < -0.3 is 20.6 Å². The lowest BCUT2D eigenvalue weighted by Gasteiger charge is -2.22. The number of nitrogens with one attached hydrogen (secondary N) is 2. The van der Waals surface area contributed by atoms with Crippen LogP contribution < -0.4 is 15.5 Å². The van der Waals surface area contributed by atoms with Gasteiger partial charge in [-0.05, 0) is 32.0 Å². The van der Waals surface area contributed by atoms with Crippen LogP contribution in [-0.4, -0.2) is 41.1 Å². The van der Waals surface area contributed by atoms with Crippen LogP contribution in [0.3, 0.4) is 0 Å². The van der Waals surface area contributed by atoms with Gasteiger partial charge in [-0.1, -0.05) is 6.07 Å². The first kappa shape index (κ1) is 17.8. The van der Waals surface area contributed by atoms with Gasteiger partial charge in [0.2, 0.25) is 0 Å². The molecule has 7 heteroatoms. The van der Waals surface area contributed by atoms with Crippen LogP contribution in [0.2, 0.25) is 0 Å². The zero-order chi connectivity index (χ0) is 17.7. The summed E-state index contributed by atoms with van der Waals surface area (Å²) >= 11 is 0. The quantitative estimate of drug-likeness (QED) is 0.755. The first-order valence-electron chi connectivity index (χ1n) is 7.89. The van der Waals surface area contributed by atoms with Gasteiger partial charge in [-0.15, -0.1) is 0 Å². The van der Waals surface area contributed by atoms with E-state index in [2.05, 4.69) is 27.6 Å². The van der Waals surface area contributed by atoms with Crippen LogP contribution in [0, 0.1) is 0 Å². The molecule has 7 nitrogen and oxygen atoms in total. The van der Waals surface area contributed by atoms with E-state index in [-0.39, 0.29) is 12.6 Å². The second-order valence-electron chi connectivity index (χ2n) is 6.05. The number of anilines is 2. The molecule has 2 rings (SSSR count). The average molecular weight is 331 g/mol. The highest BCUT2D eigenvalue weighted by atomic mass is 16.3. The molecular weight excluding hydrogens is 306 g/mol. The van der Waals surface area contributed by atoms with E-state index in [1.165, 1.54) is 0 Å². The Labute approximate surface area is 142 Å². The van der Waals surface area contributed by atoms with Crippen molar-refractivity contribution in [3.8, 4) is 0 Å². The van der Waals surface area contributed by atoms with Crippen molar-refractivity contribution in [2.24, 2.45) is 7.05 Å². The third-order valence-corrected chi connectivity index (χ3v) is 3.94. The zero-order valence-corrected chi connectivity index (χ0v) is 14.6. The van der Waals surface area contributed by atoms with Crippen molar-refractivity contribution in [3.63, 3.8) is 0 Å². The van der Waals surface area contributed by atoms with Crippen molar-refractivity contribution in [1.82, 2.24) is 15.1 Å².